The van der Waals surface area contributed by atoms with E-state index in [1.54, 1.807) is 6.92 Å². The third-order valence-electron chi connectivity index (χ3n) is 1.24. The summed E-state index contributed by atoms with van der Waals surface area (Å²) in [5.41, 5.74) is 0.431. The Hall–Kier alpha value is -1.10. The summed E-state index contributed by atoms with van der Waals surface area (Å²) in [6.07, 6.45) is 0. The minimum Gasteiger partial charge on any atom is -0.410 e. The van der Waals surface area contributed by atoms with Crippen LogP contribution in [0.1, 0.15) is 13.8 Å². The van der Waals surface area contributed by atoms with Gasteiger partial charge in [-0.2, -0.15) is 0 Å². The van der Waals surface area contributed by atoms with Crippen LogP contribution in [0.5, 0.6) is 0 Å². The molecule has 0 saturated carbocycles. The molecular formula is C5H8N2O3. The highest BCUT2D eigenvalue weighted by Crippen LogP contribution is 2.16. The molecule has 0 amide bonds. The molecule has 1 atom stereocenters. The highest BCUT2D eigenvalue weighted by molar-refractivity contribution is 6.44. The van der Waals surface area contributed by atoms with E-state index in [2.05, 4.69) is 15.1 Å². The lowest BCUT2D eigenvalue weighted by Crippen LogP contribution is -2.35. The van der Waals surface area contributed by atoms with Crippen molar-refractivity contribution in [1.82, 2.24) is 0 Å². The van der Waals surface area contributed by atoms with E-state index in [1.165, 1.54) is 6.92 Å². The second-order valence-corrected chi connectivity index (χ2v) is 2.20. The van der Waals surface area contributed by atoms with Crippen LogP contribution in [0.25, 0.3) is 0 Å². The number of hydrogen-bond donors (Lipinski definition) is 2. The fourth-order valence-corrected chi connectivity index (χ4v) is 0.745. The normalized spacial score (nSPS) is 35.9. The van der Waals surface area contributed by atoms with Gasteiger partial charge in [0.25, 0.3) is 5.79 Å². The Bertz CT molecular complexity index is 207. The third-order valence-corrected chi connectivity index (χ3v) is 1.24. The van der Waals surface area contributed by atoms with E-state index >= 15 is 0 Å². The van der Waals surface area contributed by atoms with Crippen LogP contribution in [-0.4, -0.2) is 27.5 Å². The molecular weight excluding hydrogens is 136 g/mol. The molecule has 5 nitrogen and oxygen atoms in total. The molecule has 1 rings (SSSR count). The van der Waals surface area contributed by atoms with Crippen LogP contribution in [0.3, 0.4) is 0 Å². The molecule has 56 valence electrons. The first-order chi connectivity index (χ1) is 4.58. The average Bonchev–Trinajstić information content (AvgIpc) is 2.07. The van der Waals surface area contributed by atoms with Gasteiger partial charge >= 0.3 is 0 Å². The maximum atomic E-state index is 9.20. The molecule has 2 N–H and O–H groups in total. The van der Waals surface area contributed by atoms with Crippen molar-refractivity contribution in [2.24, 2.45) is 10.3 Å². The van der Waals surface area contributed by atoms with Crippen molar-refractivity contribution < 1.29 is 15.2 Å². The largest absolute Gasteiger partial charge is 0.410 e. The Morgan fingerprint density at radius 2 is 2.30 bits per heavy atom. The van der Waals surface area contributed by atoms with Gasteiger partial charge in [0, 0.05) is 6.92 Å². The lowest BCUT2D eigenvalue weighted by molar-refractivity contribution is -0.127. The molecule has 1 aliphatic rings. The first-order valence-electron chi connectivity index (χ1n) is 2.76. The Morgan fingerprint density at radius 3 is 2.50 bits per heavy atom. The minimum atomic E-state index is -1.57. The standard InChI is InChI=1S/C5H8N2O3/c1-3-4(6-9)5(2,8)10-7-3/h8-9H,1-2H3/b6-4-. The molecule has 1 heterocycles. The van der Waals surface area contributed by atoms with Crippen molar-refractivity contribution in [2.75, 3.05) is 0 Å². The van der Waals surface area contributed by atoms with Crippen molar-refractivity contribution in [2.45, 2.75) is 19.6 Å². The molecule has 0 fully saturated rings. The number of oxime groups is 2. The van der Waals surface area contributed by atoms with Gasteiger partial charge in [0.1, 0.15) is 5.71 Å². The zero-order valence-electron chi connectivity index (χ0n) is 5.70. The van der Waals surface area contributed by atoms with Crippen LogP contribution in [0, 0.1) is 0 Å². The first-order valence-corrected chi connectivity index (χ1v) is 2.76. The molecule has 0 radical (unpaired) electrons. The quantitative estimate of drug-likeness (QED) is 0.369. The predicted molar refractivity (Wildman–Crippen MR) is 34.0 cm³/mol. The van der Waals surface area contributed by atoms with Gasteiger partial charge in [-0.3, -0.25) is 0 Å². The fraction of sp³-hybridized carbons (Fsp3) is 0.600. The summed E-state index contributed by atoms with van der Waals surface area (Å²) in [4.78, 5) is 4.51. The van der Waals surface area contributed by atoms with Crippen molar-refractivity contribution in [3.63, 3.8) is 0 Å². The van der Waals surface area contributed by atoms with Gasteiger partial charge in [0.15, 0.2) is 5.71 Å². The van der Waals surface area contributed by atoms with Crippen LogP contribution in [0.15, 0.2) is 10.3 Å². The second kappa shape index (κ2) is 1.95. The first kappa shape index (κ1) is 7.01. The molecule has 0 aliphatic carbocycles. The minimum absolute atomic E-state index is 0.0486. The van der Waals surface area contributed by atoms with E-state index in [0.717, 1.165) is 0 Å². The lowest BCUT2D eigenvalue weighted by Gasteiger charge is -2.12. The van der Waals surface area contributed by atoms with E-state index in [4.69, 9.17) is 5.21 Å². The molecule has 0 spiro atoms. The number of aliphatic hydroxyl groups is 1. The van der Waals surface area contributed by atoms with E-state index in [1.807, 2.05) is 0 Å². The highest BCUT2D eigenvalue weighted by Gasteiger charge is 2.38. The van der Waals surface area contributed by atoms with Gasteiger partial charge in [-0.05, 0) is 6.92 Å². The van der Waals surface area contributed by atoms with Crippen molar-refractivity contribution in [1.29, 1.82) is 0 Å². The van der Waals surface area contributed by atoms with Gasteiger partial charge in [0.2, 0.25) is 0 Å². The summed E-state index contributed by atoms with van der Waals surface area (Å²) in [6, 6.07) is 0. The molecule has 1 aliphatic heterocycles. The van der Waals surface area contributed by atoms with E-state index in [9.17, 15) is 5.11 Å². The summed E-state index contributed by atoms with van der Waals surface area (Å²) in [5.74, 6) is -1.57. The zero-order chi connectivity index (χ0) is 7.78. The lowest BCUT2D eigenvalue weighted by atomic mass is 10.1. The zero-order valence-corrected chi connectivity index (χ0v) is 5.70. The van der Waals surface area contributed by atoms with Crippen LogP contribution in [-0.2, 0) is 4.84 Å². The number of nitrogens with zero attached hydrogens (tertiary/aromatic N) is 2. The van der Waals surface area contributed by atoms with Gasteiger partial charge in [0.05, 0.1) is 0 Å². The molecule has 10 heavy (non-hydrogen) atoms. The number of hydrogen-bond acceptors (Lipinski definition) is 5. The van der Waals surface area contributed by atoms with Gasteiger partial charge in [-0.25, -0.2) is 0 Å². The van der Waals surface area contributed by atoms with Crippen LogP contribution < -0.4 is 0 Å². The number of rotatable bonds is 0. The SMILES string of the molecule is CC1=NOC(C)(O)/C1=N\O. The van der Waals surface area contributed by atoms with E-state index in [-0.39, 0.29) is 5.71 Å². The predicted octanol–water partition coefficient (Wildman–Crippen LogP) is -0.0688. The maximum absolute atomic E-state index is 9.20. The van der Waals surface area contributed by atoms with Crippen LogP contribution in [0.4, 0.5) is 0 Å². The summed E-state index contributed by atoms with van der Waals surface area (Å²) in [7, 11) is 0. The van der Waals surface area contributed by atoms with Crippen molar-refractivity contribution >= 4 is 11.4 Å². The van der Waals surface area contributed by atoms with Gasteiger partial charge < -0.3 is 15.2 Å². The Labute approximate surface area is 57.6 Å². The summed E-state index contributed by atoms with van der Waals surface area (Å²) in [5, 5.41) is 23.8. The van der Waals surface area contributed by atoms with E-state index in [0.29, 0.717) is 5.71 Å². The third kappa shape index (κ3) is 0.841. The maximum Gasteiger partial charge on any atom is 0.280 e. The van der Waals surface area contributed by atoms with Crippen molar-refractivity contribution in [3.8, 4) is 0 Å². The summed E-state index contributed by atoms with van der Waals surface area (Å²) >= 11 is 0. The highest BCUT2D eigenvalue weighted by atomic mass is 16.7. The van der Waals surface area contributed by atoms with Gasteiger partial charge in [-0.15, -0.1) is 0 Å². The van der Waals surface area contributed by atoms with Crippen LogP contribution >= 0.6 is 0 Å². The Morgan fingerprint density at radius 1 is 1.70 bits per heavy atom. The van der Waals surface area contributed by atoms with Crippen molar-refractivity contribution in [3.05, 3.63) is 0 Å². The second-order valence-electron chi connectivity index (χ2n) is 2.20. The molecule has 0 bridgehead atoms. The smallest absolute Gasteiger partial charge is 0.280 e. The molecule has 1 unspecified atom stereocenters. The van der Waals surface area contributed by atoms with E-state index < -0.39 is 5.79 Å². The summed E-state index contributed by atoms with van der Waals surface area (Å²) in [6.45, 7) is 2.93. The molecule has 5 heteroatoms. The monoisotopic (exact) mass is 144 g/mol. The van der Waals surface area contributed by atoms with Crippen LogP contribution in [0.2, 0.25) is 0 Å². The molecule has 0 saturated heterocycles. The molecule has 0 aromatic heterocycles. The Kier molecular flexibility index (Phi) is 1.37. The summed E-state index contributed by atoms with van der Waals surface area (Å²) < 4.78 is 0. The Balaban J connectivity index is 2.95. The average molecular weight is 144 g/mol. The molecule has 0 aromatic carbocycles. The van der Waals surface area contributed by atoms with Gasteiger partial charge in [-0.1, -0.05) is 10.3 Å². The topological polar surface area (TPSA) is 74.4 Å². The fourth-order valence-electron chi connectivity index (χ4n) is 0.745. The molecule has 0 aromatic rings.